The Bertz CT molecular complexity index is 245. The minimum absolute atomic E-state index is 0.525. The highest BCUT2D eigenvalue weighted by Gasteiger charge is 2.03. The average molecular weight is 233 g/mol. The molecule has 0 bridgehead atoms. The Kier molecular flexibility index (Phi) is 3.09. The largest absolute Gasteiger partial charge is 0.301 e. The Morgan fingerprint density at radius 1 is 1.36 bits per heavy atom. The zero-order valence-electron chi connectivity index (χ0n) is 5.63. The highest BCUT2D eigenvalue weighted by atomic mass is 79.9. The quantitative estimate of drug-likeness (QED) is 0.567. The van der Waals surface area contributed by atoms with Crippen LogP contribution in [0.1, 0.15) is 10.9 Å². The van der Waals surface area contributed by atoms with Crippen LogP contribution in [0, 0.1) is 0 Å². The van der Waals surface area contributed by atoms with Crippen molar-refractivity contribution >= 4 is 33.8 Å². The van der Waals surface area contributed by atoms with Crippen LogP contribution in [0.15, 0.2) is 28.7 Å². The van der Waals surface area contributed by atoms with E-state index in [2.05, 4.69) is 15.9 Å². The predicted molar refractivity (Wildman–Crippen MR) is 48.8 cm³/mol. The Morgan fingerprint density at radius 3 is 2.36 bits per heavy atom. The molecule has 1 unspecified atom stereocenters. The summed E-state index contributed by atoms with van der Waals surface area (Å²) >= 11 is 8.94. The van der Waals surface area contributed by atoms with E-state index in [9.17, 15) is 4.79 Å². The molecule has 58 valence electrons. The van der Waals surface area contributed by atoms with Gasteiger partial charge in [-0.25, -0.2) is 0 Å². The van der Waals surface area contributed by atoms with Gasteiger partial charge in [0.05, 0.1) is 0 Å². The third kappa shape index (κ3) is 2.31. The van der Waals surface area contributed by atoms with Gasteiger partial charge in [0.25, 0.3) is 0 Å². The summed E-state index contributed by atoms with van der Waals surface area (Å²) in [6, 6.07) is 7.34. The Morgan fingerprint density at radius 2 is 1.91 bits per heavy atom. The summed E-state index contributed by atoms with van der Waals surface area (Å²) in [5.41, 5.74) is 0.824. The Hall–Kier alpha value is -0.340. The second-order valence-electron chi connectivity index (χ2n) is 2.09. The third-order valence-corrected chi connectivity index (χ3v) is 2.19. The summed E-state index contributed by atoms with van der Waals surface area (Å²) in [5.74, 6) is 0. The van der Waals surface area contributed by atoms with Crippen LogP contribution < -0.4 is 0 Å². The van der Waals surface area contributed by atoms with Gasteiger partial charge < -0.3 is 4.79 Å². The molecule has 0 aliphatic carbocycles. The van der Waals surface area contributed by atoms with E-state index in [0.29, 0.717) is 6.29 Å². The molecule has 3 heteroatoms. The molecule has 1 aromatic rings. The molecule has 0 saturated heterocycles. The Labute approximate surface area is 78.5 Å². The van der Waals surface area contributed by atoms with Crippen molar-refractivity contribution in [3.8, 4) is 0 Å². The second-order valence-corrected chi connectivity index (χ2v) is 3.48. The molecule has 0 aromatic heterocycles. The summed E-state index contributed by atoms with van der Waals surface area (Å²) < 4.78 is 0.982. The molecule has 1 nitrogen and oxygen atoms in total. The monoisotopic (exact) mass is 232 g/mol. The van der Waals surface area contributed by atoms with E-state index in [-0.39, 0.29) is 0 Å². The van der Waals surface area contributed by atoms with Crippen molar-refractivity contribution in [2.75, 3.05) is 0 Å². The lowest BCUT2D eigenvalue weighted by molar-refractivity contribution is -0.107. The van der Waals surface area contributed by atoms with Crippen molar-refractivity contribution in [3.05, 3.63) is 34.3 Å². The SMILES string of the molecule is O=CC(Cl)c1ccc(Br)cc1. The molecule has 0 aliphatic rings. The lowest BCUT2D eigenvalue weighted by Gasteiger charge is -2.00. The molecule has 0 spiro atoms. The van der Waals surface area contributed by atoms with E-state index in [4.69, 9.17) is 11.6 Å². The minimum Gasteiger partial charge on any atom is -0.301 e. The first-order chi connectivity index (χ1) is 5.24. The molecular formula is C8H6BrClO. The van der Waals surface area contributed by atoms with Crippen LogP contribution in [0.3, 0.4) is 0 Å². The number of carbonyl (C=O) groups excluding carboxylic acids is 1. The zero-order valence-corrected chi connectivity index (χ0v) is 7.97. The molecule has 1 aromatic carbocycles. The molecular weight excluding hydrogens is 227 g/mol. The molecule has 1 rings (SSSR count). The summed E-state index contributed by atoms with van der Waals surface area (Å²) in [6.45, 7) is 0. The highest BCUT2D eigenvalue weighted by Crippen LogP contribution is 2.19. The topological polar surface area (TPSA) is 17.1 Å². The van der Waals surface area contributed by atoms with Gasteiger partial charge >= 0.3 is 0 Å². The molecule has 0 radical (unpaired) electrons. The van der Waals surface area contributed by atoms with E-state index in [1.165, 1.54) is 0 Å². The van der Waals surface area contributed by atoms with Crippen LogP contribution in [0.25, 0.3) is 0 Å². The molecule has 0 N–H and O–H groups in total. The molecule has 0 fully saturated rings. The van der Waals surface area contributed by atoms with Gasteiger partial charge in [-0.15, -0.1) is 11.6 Å². The second kappa shape index (κ2) is 3.88. The molecule has 1 atom stereocenters. The maximum absolute atomic E-state index is 10.2. The van der Waals surface area contributed by atoms with Crippen molar-refractivity contribution in [1.29, 1.82) is 0 Å². The first-order valence-corrected chi connectivity index (χ1v) is 4.32. The van der Waals surface area contributed by atoms with Gasteiger partial charge in [0.1, 0.15) is 11.7 Å². The number of aldehydes is 1. The summed E-state index contributed by atoms with van der Waals surface area (Å²) in [4.78, 5) is 10.2. The predicted octanol–water partition coefficient (Wildman–Crippen LogP) is 2.93. The normalized spacial score (nSPS) is 12.5. The fourth-order valence-corrected chi connectivity index (χ4v) is 1.14. The van der Waals surface area contributed by atoms with Crippen molar-refractivity contribution in [2.24, 2.45) is 0 Å². The van der Waals surface area contributed by atoms with Crippen molar-refractivity contribution in [1.82, 2.24) is 0 Å². The van der Waals surface area contributed by atoms with Crippen LogP contribution >= 0.6 is 27.5 Å². The van der Waals surface area contributed by atoms with Crippen molar-refractivity contribution < 1.29 is 4.79 Å². The molecule has 0 amide bonds. The van der Waals surface area contributed by atoms with Gasteiger partial charge in [0, 0.05) is 4.47 Å². The Balaban J connectivity index is 2.89. The van der Waals surface area contributed by atoms with Gasteiger partial charge in [-0.1, -0.05) is 28.1 Å². The van der Waals surface area contributed by atoms with Gasteiger partial charge in [-0.2, -0.15) is 0 Å². The first kappa shape index (κ1) is 8.75. The number of hydrogen-bond donors (Lipinski definition) is 0. The minimum atomic E-state index is -0.525. The standard InChI is InChI=1S/C8H6BrClO/c9-7-3-1-6(2-4-7)8(10)5-11/h1-5,8H. The number of halogens is 2. The van der Waals surface area contributed by atoms with Crippen LogP contribution in [-0.2, 0) is 4.79 Å². The molecule has 11 heavy (non-hydrogen) atoms. The van der Waals surface area contributed by atoms with Crippen LogP contribution in [-0.4, -0.2) is 6.29 Å². The van der Waals surface area contributed by atoms with Crippen molar-refractivity contribution in [3.63, 3.8) is 0 Å². The fraction of sp³-hybridized carbons (Fsp3) is 0.125. The van der Waals surface area contributed by atoms with E-state index in [1.54, 1.807) is 0 Å². The van der Waals surface area contributed by atoms with E-state index >= 15 is 0 Å². The van der Waals surface area contributed by atoms with Crippen LogP contribution in [0.5, 0.6) is 0 Å². The van der Waals surface area contributed by atoms with Gasteiger partial charge in [0.15, 0.2) is 0 Å². The number of rotatable bonds is 2. The van der Waals surface area contributed by atoms with Gasteiger partial charge in [0.2, 0.25) is 0 Å². The lowest BCUT2D eigenvalue weighted by atomic mass is 10.2. The molecule has 0 aliphatic heterocycles. The molecule has 0 saturated carbocycles. The average Bonchev–Trinajstić information content (AvgIpc) is 2.05. The summed E-state index contributed by atoms with van der Waals surface area (Å²) in [6.07, 6.45) is 0.713. The summed E-state index contributed by atoms with van der Waals surface area (Å²) in [5, 5.41) is -0.525. The third-order valence-electron chi connectivity index (χ3n) is 1.31. The van der Waals surface area contributed by atoms with E-state index < -0.39 is 5.38 Å². The number of benzene rings is 1. The number of alkyl halides is 1. The smallest absolute Gasteiger partial charge is 0.142 e. The van der Waals surface area contributed by atoms with E-state index in [1.807, 2.05) is 24.3 Å². The van der Waals surface area contributed by atoms with Crippen molar-refractivity contribution in [2.45, 2.75) is 5.38 Å². The molecule has 0 heterocycles. The first-order valence-electron chi connectivity index (χ1n) is 3.09. The van der Waals surface area contributed by atoms with Gasteiger partial charge in [-0.05, 0) is 17.7 Å². The number of hydrogen-bond acceptors (Lipinski definition) is 1. The van der Waals surface area contributed by atoms with Gasteiger partial charge in [-0.3, -0.25) is 0 Å². The fourth-order valence-electron chi connectivity index (χ4n) is 0.725. The van der Waals surface area contributed by atoms with Crippen LogP contribution in [0.4, 0.5) is 0 Å². The van der Waals surface area contributed by atoms with E-state index in [0.717, 1.165) is 10.0 Å². The maximum Gasteiger partial charge on any atom is 0.142 e. The lowest BCUT2D eigenvalue weighted by Crippen LogP contribution is -1.89. The highest BCUT2D eigenvalue weighted by molar-refractivity contribution is 9.10. The maximum atomic E-state index is 10.2. The van der Waals surface area contributed by atoms with Crippen LogP contribution in [0.2, 0.25) is 0 Å². The number of carbonyl (C=O) groups is 1. The zero-order chi connectivity index (χ0) is 8.27. The summed E-state index contributed by atoms with van der Waals surface area (Å²) in [7, 11) is 0.